The van der Waals surface area contributed by atoms with Crippen LogP contribution in [0, 0.1) is 12.3 Å². The first-order valence-electron chi connectivity index (χ1n) is 13.8. The third kappa shape index (κ3) is 12.4. The topological polar surface area (TPSA) is 261 Å². The lowest BCUT2D eigenvalue weighted by Gasteiger charge is -2.23. The molecule has 0 bridgehead atoms. The summed E-state index contributed by atoms with van der Waals surface area (Å²) >= 11 is 0. The van der Waals surface area contributed by atoms with Gasteiger partial charge in [-0.1, -0.05) is 0 Å². The summed E-state index contributed by atoms with van der Waals surface area (Å²) in [6.45, 7) is 6.36. The van der Waals surface area contributed by atoms with E-state index in [1.807, 2.05) is 0 Å². The second-order valence-electron chi connectivity index (χ2n) is 11.0. The van der Waals surface area contributed by atoms with Crippen molar-refractivity contribution in [3.8, 4) is 0 Å². The summed E-state index contributed by atoms with van der Waals surface area (Å²) in [7, 11) is 0. The van der Waals surface area contributed by atoms with Crippen LogP contribution in [0.1, 0.15) is 52.0 Å². The Hall–Kier alpha value is -5.15. The fourth-order valence-electron chi connectivity index (χ4n) is 3.97. The molecule has 0 saturated heterocycles. The summed E-state index contributed by atoms with van der Waals surface area (Å²) in [4.78, 5) is 74.0. The predicted octanol–water partition coefficient (Wildman–Crippen LogP) is 0.0630. The number of guanidine groups is 1. The lowest BCUT2D eigenvalue weighted by molar-refractivity contribution is -0.129. The van der Waals surface area contributed by atoms with Gasteiger partial charge in [-0.15, -0.1) is 0 Å². The minimum Gasteiger partial charge on any atom is -0.444 e. The lowest BCUT2D eigenvalue weighted by Crippen LogP contribution is -2.52. The third-order valence-corrected chi connectivity index (χ3v) is 5.97. The maximum atomic E-state index is 13.2. The Morgan fingerprint density at radius 1 is 0.977 bits per heavy atom. The van der Waals surface area contributed by atoms with E-state index in [0.29, 0.717) is 23.1 Å². The molecule has 0 aliphatic carbocycles. The number of amides is 5. The maximum absolute atomic E-state index is 13.2. The highest BCUT2D eigenvalue weighted by Gasteiger charge is 2.26. The molecule has 1 heterocycles. The quantitative estimate of drug-likeness (QED) is 0.0612. The highest BCUT2D eigenvalue weighted by molar-refractivity contribution is 5.99. The van der Waals surface area contributed by atoms with Gasteiger partial charge in [0.25, 0.3) is 0 Å². The molecular formula is C28H40N8O8. The molecule has 0 saturated carbocycles. The van der Waals surface area contributed by atoms with Crippen LogP contribution >= 0.6 is 0 Å². The van der Waals surface area contributed by atoms with E-state index in [0.717, 1.165) is 0 Å². The number of benzene rings is 1. The Morgan fingerprint density at radius 3 is 2.30 bits per heavy atom. The molecule has 16 nitrogen and oxygen atoms in total. The minimum absolute atomic E-state index is 0.134. The Bertz CT molecular complexity index is 1450. The number of anilines is 1. The first kappa shape index (κ1) is 35.0. The maximum Gasteiger partial charge on any atom is 0.408 e. The first-order valence-corrected chi connectivity index (χ1v) is 13.8. The number of rotatable bonds is 14. The molecule has 1 aromatic heterocycles. The van der Waals surface area contributed by atoms with Crippen molar-refractivity contribution >= 4 is 52.3 Å². The molecule has 0 unspecified atom stereocenters. The van der Waals surface area contributed by atoms with Crippen LogP contribution in [-0.4, -0.2) is 66.5 Å². The zero-order valence-corrected chi connectivity index (χ0v) is 25.1. The van der Waals surface area contributed by atoms with Crippen molar-refractivity contribution in [2.24, 2.45) is 11.5 Å². The molecule has 240 valence electrons. The van der Waals surface area contributed by atoms with Gasteiger partial charge in [0.15, 0.2) is 5.96 Å². The molecule has 16 heteroatoms. The molecule has 0 fully saturated rings. The fourth-order valence-corrected chi connectivity index (χ4v) is 3.97. The van der Waals surface area contributed by atoms with E-state index in [4.69, 9.17) is 26.0 Å². The SMILES string of the molecule is Cc1cc(=O)oc2cc(NC(=O)[C@H](CCCNC(=N)N)NC(=O)CNC(=O)[C@H](CCC(N)=O)NC(=O)OC(C)(C)C)ccc12. The molecule has 44 heavy (non-hydrogen) atoms. The third-order valence-electron chi connectivity index (χ3n) is 5.97. The molecule has 0 aliphatic rings. The van der Waals surface area contributed by atoms with Crippen LogP contribution in [0.2, 0.25) is 0 Å². The van der Waals surface area contributed by atoms with Gasteiger partial charge >= 0.3 is 11.7 Å². The van der Waals surface area contributed by atoms with E-state index in [9.17, 15) is 28.8 Å². The molecule has 0 spiro atoms. The van der Waals surface area contributed by atoms with Crippen molar-refractivity contribution in [1.82, 2.24) is 21.3 Å². The van der Waals surface area contributed by atoms with Gasteiger partial charge in [0.2, 0.25) is 23.6 Å². The van der Waals surface area contributed by atoms with Crippen molar-refractivity contribution in [2.45, 2.75) is 71.1 Å². The van der Waals surface area contributed by atoms with Gasteiger partial charge in [0, 0.05) is 36.2 Å². The Morgan fingerprint density at radius 2 is 1.66 bits per heavy atom. The van der Waals surface area contributed by atoms with Gasteiger partial charge in [0.05, 0.1) is 6.54 Å². The van der Waals surface area contributed by atoms with Crippen LogP contribution < -0.4 is 43.7 Å². The Kier molecular flexibility index (Phi) is 12.7. The second kappa shape index (κ2) is 15.9. The number of carbonyl (C=O) groups excluding carboxylic acids is 5. The number of hydrogen-bond acceptors (Lipinski definition) is 9. The summed E-state index contributed by atoms with van der Waals surface area (Å²) < 4.78 is 10.4. The number of fused-ring (bicyclic) bond motifs is 1. The molecule has 10 N–H and O–H groups in total. The standard InChI is InChI=1S/C28H40N8O8/c1-15-12-23(39)43-20-13-16(7-8-17(15)20)34-25(41)18(6-5-11-32-26(30)31)35-22(38)14-33-24(40)19(9-10-21(29)37)36-27(42)44-28(2,3)4/h7-8,12-13,18-19H,5-6,9-11,14H2,1-4H3,(H2,29,37)(H,33,40)(H,34,41)(H,35,38)(H,36,42)(H4,30,31,32)/t18-,19-/m0/s1. The van der Waals surface area contributed by atoms with Gasteiger partial charge < -0.3 is 47.2 Å². The zero-order chi connectivity index (χ0) is 33.0. The van der Waals surface area contributed by atoms with Crippen molar-refractivity contribution in [1.29, 1.82) is 5.41 Å². The van der Waals surface area contributed by atoms with Crippen molar-refractivity contribution in [2.75, 3.05) is 18.4 Å². The normalized spacial score (nSPS) is 12.4. The summed E-state index contributed by atoms with van der Waals surface area (Å²) in [5.74, 6) is -3.02. The molecule has 2 atom stereocenters. The smallest absolute Gasteiger partial charge is 0.408 e. The van der Waals surface area contributed by atoms with Gasteiger partial charge in [-0.25, -0.2) is 9.59 Å². The van der Waals surface area contributed by atoms with Gasteiger partial charge in [0.1, 0.15) is 23.3 Å². The second-order valence-corrected chi connectivity index (χ2v) is 11.0. The van der Waals surface area contributed by atoms with Gasteiger partial charge in [-0.2, -0.15) is 0 Å². The van der Waals surface area contributed by atoms with E-state index >= 15 is 0 Å². The van der Waals surface area contributed by atoms with E-state index in [2.05, 4.69) is 26.6 Å². The molecule has 5 amide bonds. The van der Waals surface area contributed by atoms with Crippen molar-refractivity contribution < 1.29 is 33.1 Å². The van der Waals surface area contributed by atoms with E-state index in [-0.39, 0.29) is 37.3 Å². The molecule has 0 radical (unpaired) electrons. The fraction of sp³-hybridized carbons (Fsp3) is 0.464. The van der Waals surface area contributed by atoms with Crippen molar-refractivity contribution in [3.05, 3.63) is 40.2 Å². The number of ether oxygens (including phenoxy) is 1. The number of aryl methyl sites for hydroxylation is 1. The largest absolute Gasteiger partial charge is 0.444 e. The minimum atomic E-state index is -1.22. The van der Waals surface area contributed by atoms with Gasteiger partial charge in [-0.3, -0.25) is 24.6 Å². The van der Waals surface area contributed by atoms with Crippen LogP contribution in [0.4, 0.5) is 10.5 Å². The number of nitrogens with two attached hydrogens (primary N) is 2. The van der Waals surface area contributed by atoms with Crippen LogP contribution in [-0.2, 0) is 23.9 Å². The monoisotopic (exact) mass is 616 g/mol. The molecule has 2 aromatic rings. The summed E-state index contributed by atoms with van der Waals surface area (Å²) in [5.41, 5.74) is 10.4. The van der Waals surface area contributed by atoms with Crippen LogP contribution in [0.25, 0.3) is 11.0 Å². The molecule has 0 aliphatic heterocycles. The average molecular weight is 617 g/mol. The van der Waals surface area contributed by atoms with E-state index in [1.54, 1.807) is 39.8 Å². The number of hydrogen-bond donors (Lipinski definition) is 8. The van der Waals surface area contributed by atoms with Crippen LogP contribution in [0.15, 0.2) is 33.5 Å². The average Bonchev–Trinajstić information content (AvgIpc) is 2.89. The number of primary amides is 1. The number of carbonyl (C=O) groups is 5. The molecule has 2 rings (SSSR count). The zero-order valence-electron chi connectivity index (χ0n) is 25.1. The van der Waals surface area contributed by atoms with E-state index in [1.165, 1.54) is 12.1 Å². The highest BCUT2D eigenvalue weighted by atomic mass is 16.6. The van der Waals surface area contributed by atoms with Crippen LogP contribution in [0.3, 0.4) is 0 Å². The molecular weight excluding hydrogens is 576 g/mol. The van der Waals surface area contributed by atoms with Crippen LogP contribution in [0.5, 0.6) is 0 Å². The summed E-state index contributed by atoms with van der Waals surface area (Å²) in [6.07, 6.45) is -0.776. The Labute approximate surface area is 253 Å². The summed E-state index contributed by atoms with van der Waals surface area (Å²) in [5, 5.41) is 20.6. The summed E-state index contributed by atoms with van der Waals surface area (Å²) in [6, 6.07) is 3.85. The number of alkyl carbamates (subject to hydrolysis) is 1. The molecule has 1 aromatic carbocycles. The lowest BCUT2D eigenvalue weighted by atomic mass is 10.1. The first-order chi connectivity index (χ1) is 20.5. The Balaban J connectivity index is 2.09. The highest BCUT2D eigenvalue weighted by Crippen LogP contribution is 2.21. The van der Waals surface area contributed by atoms with E-state index < -0.39 is 59.6 Å². The van der Waals surface area contributed by atoms with Crippen molar-refractivity contribution in [3.63, 3.8) is 0 Å². The van der Waals surface area contributed by atoms with Gasteiger partial charge in [-0.05, 0) is 64.7 Å². The number of nitrogens with one attached hydrogen (secondary N) is 6. The predicted molar refractivity (Wildman–Crippen MR) is 162 cm³/mol.